The molecular formula is C21H36N4O2S. The lowest BCUT2D eigenvalue weighted by Crippen LogP contribution is -2.56. The molecule has 0 saturated heterocycles. The van der Waals surface area contributed by atoms with Crippen LogP contribution in [0, 0.1) is 11.3 Å². The van der Waals surface area contributed by atoms with Gasteiger partial charge in [0.15, 0.2) is 0 Å². The summed E-state index contributed by atoms with van der Waals surface area (Å²) in [7, 11) is 0. The largest absolute Gasteiger partial charge is 0.352 e. The monoisotopic (exact) mass is 408 g/mol. The zero-order valence-electron chi connectivity index (χ0n) is 18.4. The first-order valence-corrected chi connectivity index (χ1v) is 11.0. The summed E-state index contributed by atoms with van der Waals surface area (Å²) in [6.07, 6.45) is 6.66. The van der Waals surface area contributed by atoms with Crippen molar-refractivity contribution in [3.05, 3.63) is 16.4 Å². The van der Waals surface area contributed by atoms with Crippen molar-refractivity contribution in [1.82, 2.24) is 9.27 Å². The summed E-state index contributed by atoms with van der Waals surface area (Å²) in [6, 6.07) is -0.549. The topological polar surface area (TPSA) is 89.5 Å². The van der Waals surface area contributed by atoms with Gasteiger partial charge < -0.3 is 11.1 Å². The van der Waals surface area contributed by atoms with Gasteiger partial charge in [0.2, 0.25) is 0 Å². The van der Waals surface area contributed by atoms with E-state index >= 15 is 0 Å². The number of urea groups is 1. The normalized spacial score (nSPS) is 25.1. The maximum Gasteiger partial charge on any atom is 0.312 e. The second-order valence-corrected chi connectivity index (χ2v) is 10.7. The number of aryl methyl sites for hydroxylation is 1. The van der Waals surface area contributed by atoms with Gasteiger partial charge in [-0.05, 0) is 70.3 Å². The fraction of sp³-hybridized carbons (Fsp3) is 0.762. The molecule has 0 aliphatic heterocycles. The lowest BCUT2D eigenvalue weighted by atomic mass is 9.71. The Labute approximate surface area is 172 Å². The molecule has 0 aromatic carbocycles. The average Bonchev–Trinajstić information content (AvgIpc) is 3.04. The quantitative estimate of drug-likeness (QED) is 0.773. The predicted molar refractivity (Wildman–Crippen MR) is 114 cm³/mol. The summed E-state index contributed by atoms with van der Waals surface area (Å²) >= 11 is 1.55. The van der Waals surface area contributed by atoms with E-state index < -0.39 is 17.0 Å². The van der Waals surface area contributed by atoms with Crippen LogP contribution in [-0.2, 0) is 16.8 Å². The fourth-order valence-corrected chi connectivity index (χ4v) is 4.99. The first-order valence-electron chi connectivity index (χ1n) is 10.2. The van der Waals surface area contributed by atoms with Crippen molar-refractivity contribution < 1.29 is 9.59 Å². The SMILES string of the molecule is CCCCc1cn(C(C)(C)C)s/c1=N\C(=O)[C@@H]1CC[C@](C)(NC(N)=O)C1(C)C. The van der Waals surface area contributed by atoms with E-state index in [-0.39, 0.29) is 17.4 Å². The van der Waals surface area contributed by atoms with E-state index in [2.05, 4.69) is 48.2 Å². The highest BCUT2D eigenvalue weighted by molar-refractivity contribution is 7.04. The Balaban J connectivity index is 2.38. The molecule has 3 N–H and O–H groups in total. The summed E-state index contributed by atoms with van der Waals surface area (Å²) in [4.78, 5) is 29.2. The van der Waals surface area contributed by atoms with Crippen LogP contribution in [0.5, 0.6) is 0 Å². The van der Waals surface area contributed by atoms with E-state index in [0.717, 1.165) is 29.5 Å². The highest BCUT2D eigenvalue weighted by Gasteiger charge is 2.54. The molecule has 0 bridgehead atoms. The first-order chi connectivity index (χ1) is 12.8. The molecule has 2 rings (SSSR count). The molecule has 1 saturated carbocycles. The minimum Gasteiger partial charge on any atom is -0.352 e. The number of nitrogens with zero attached hydrogens (tertiary/aromatic N) is 2. The zero-order valence-corrected chi connectivity index (χ0v) is 19.2. The molecular weight excluding hydrogens is 372 g/mol. The molecule has 1 heterocycles. The molecule has 0 spiro atoms. The van der Waals surface area contributed by atoms with Crippen molar-refractivity contribution in [1.29, 1.82) is 0 Å². The number of nitrogens with one attached hydrogen (secondary N) is 1. The van der Waals surface area contributed by atoms with E-state index in [9.17, 15) is 9.59 Å². The number of carbonyl (C=O) groups excluding carboxylic acids is 2. The first kappa shape index (κ1) is 22.7. The highest BCUT2D eigenvalue weighted by Crippen LogP contribution is 2.50. The Morgan fingerprint density at radius 3 is 2.54 bits per heavy atom. The fourth-order valence-electron chi connectivity index (χ4n) is 3.94. The molecule has 158 valence electrons. The lowest BCUT2D eigenvalue weighted by Gasteiger charge is -2.40. The predicted octanol–water partition coefficient (Wildman–Crippen LogP) is 3.94. The molecule has 3 amide bonds. The summed E-state index contributed by atoms with van der Waals surface area (Å²) in [5, 5.41) is 2.86. The number of hydrogen-bond donors (Lipinski definition) is 2. The smallest absolute Gasteiger partial charge is 0.312 e. The molecule has 1 aromatic rings. The van der Waals surface area contributed by atoms with Crippen LogP contribution in [0.15, 0.2) is 11.2 Å². The van der Waals surface area contributed by atoms with Gasteiger partial charge in [-0.1, -0.05) is 27.2 Å². The standard InChI is InChI=1S/C21H36N4O2S/c1-8-9-10-14-13-25(19(2,3)4)28-17(14)23-16(26)15-11-12-21(7,20(15,5)6)24-18(22)27/h13,15H,8-12H2,1-7H3,(H3,22,24,27)/b23-17-/t15-,21-/m0/s1. The van der Waals surface area contributed by atoms with Gasteiger partial charge in [0, 0.05) is 28.8 Å². The van der Waals surface area contributed by atoms with Gasteiger partial charge in [-0.15, -0.1) is 0 Å². The summed E-state index contributed by atoms with van der Waals surface area (Å²) < 4.78 is 3.00. The second kappa shape index (κ2) is 8.01. The average molecular weight is 409 g/mol. The van der Waals surface area contributed by atoms with Crippen molar-refractivity contribution in [2.45, 2.75) is 91.6 Å². The minimum atomic E-state index is -0.549. The van der Waals surface area contributed by atoms with Crippen LogP contribution in [-0.4, -0.2) is 21.4 Å². The van der Waals surface area contributed by atoms with Gasteiger partial charge in [0.1, 0.15) is 4.67 Å². The highest BCUT2D eigenvalue weighted by atomic mass is 32.1. The van der Waals surface area contributed by atoms with Crippen LogP contribution < -0.4 is 15.7 Å². The third-order valence-electron chi connectivity index (χ3n) is 6.33. The third-order valence-corrected chi connectivity index (χ3v) is 7.70. The molecule has 2 atom stereocenters. The number of unbranched alkanes of at least 4 members (excludes halogenated alkanes) is 1. The number of primary amides is 1. The second-order valence-electron chi connectivity index (χ2n) is 9.74. The summed E-state index contributed by atoms with van der Waals surface area (Å²) in [6.45, 7) is 14.6. The van der Waals surface area contributed by atoms with Gasteiger partial charge in [-0.2, -0.15) is 0 Å². The molecule has 1 aliphatic rings. The molecule has 28 heavy (non-hydrogen) atoms. The van der Waals surface area contributed by atoms with E-state index in [0.29, 0.717) is 12.8 Å². The van der Waals surface area contributed by atoms with Gasteiger partial charge in [-0.25, -0.2) is 9.79 Å². The third kappa shape index (κ3) is 4.50. The van der Waals surface area contributed by atoms with Gasteiger partial charge >= 0.3 is 6.03 Å². The Bertz CT molecular complexity index is 800. The van der Waals surface area contributed by atoms with E-state index in [1.165, 1.54) is 0 Å². The Kier molecular flexibility index (Phi) is 6.48. The molecule has 1 aromatic heterocycles. The van der Waals surface area contributed by atoms with Crippen molar-refractivity contribution in [3.8, 4) is 0 Å². The number of aromatic nitrogens is 1. The Morgan fingerprint density at radius 2 is 2.00 bits per heavy atom. The Hall–Kier alpha value is -1.63. The van der Waals surface area contributed by atoms with Crippen LogP contribution in [0.4, 0.5) is 4.79 Å². The van der Waals surface area contributed by atoms with Crippen LogP contribution in [0.1, 0.15) is 79.7 Å². The van der Waals surface area contributed by atoms with Crippen molar-refractivity contribution in [2.24, 2.45) is 22.1 Å². The number of amides is 3. The summed E-state index contributed by atoms with van der Waals surface area (Å²) in [5.74, 6) is -0.339. The van der Waals surface area contributed by atoms with Gasteiger partial charge in [-0.3, -0.25) is 8.75 Å². The molecule has 1 aliphatic carbocycles. The minimum absolute atomic E-state index is 0.0426. The maximum atomic E-state index is 13.2. The van der Waals surface area contributed by atoms with Crippen LogP contribution >= 0.6 is 11.5 Å². The molecule has 7 heteroatoms. The van der Waals surface area contributed by atoms with Crippen molar-refractivity contribution in [2.75, 3.05) is 0 Å². The number of rotatable bonds is 5. The van der Waals surface area contributed by atoms with E-state index in [1.54, 1.807) is 11.5 Å². The molecule has 6 nitrogen and oxygen atoms in total. The molecule has 0 unspecified atom stereocenters. The van der Waals surface area contributed by atoms with Gasteiger partial charge in [0.25, 0.3) is 5.91 Å². The van der Waals surface area contributed by atoms with Crippen LogP contribution in [0.2, 0.25) is 0 Å². The summed E-state index contributed by atoms with van der Waals surface area (Å²) in [5.41, 5.74) is 5.53. The zero-order chi connectivity index (χ0) is 21.3. The van der Waals surface area contributed by atoms with Crippen LogP contribution in [0.25, 0.3) is 0 Å². The van der Waals surface area contributed by atoms with Crippen LogP contribution in [0.3, 0.4) is 0 Å². The lowest BCUT2D eigenvalue weighted by molar-refractivity contribution is -0.125. The molecule has 0 radical (unpaired) electrons. The number of hydrogen-bond acceptors (Lipinski definition) is 3. The van der Waals surface area contributed by atoms with E-state index in [4.69, 9.17) is 5.73 Å². The van der Waals surface area contributed by atoms with Gasteiger partial charge in [0.05, 0.1) is 0 Å². The molecule has 1 fully saturated rings. The van der Waals surface area contributed by atoms with E-state index in [1.807, 2.05) is 20.8 Å². The number of nitrogens with two attached hydrogens (primary N) is 1. The number of carbonyl (C=O) groups is 2. The maximum absolute atomic E-state index is 13.2. The van der Waals surface area contributed by atoms with Crippen molar-refractivity contribution >= 4 is 23.5 Å². The van der Waals surface area contributed by atoms with Crippen molar-refractivity contribution in [3.63, 3.8) is 0 Å². The Morgan fingerprint density at radius 1 is 1.36 bits per heavy atom.